The Morgan fingerprint density at radius 2 is 2.12 bits per heavy atom. The van der Waals surface area contributed by atoms with Crippen molar-refractivity contribution in [3.05, 3.63) is 34.6 Å². The fourth-order valence-corrected chi connectivity index (χ4v) is 2.35. The van der Waals surface area contributed by atoms with E-state index in [0.717, 1.165) is 25.9 Å². The highest BCUT2D eigenvalue weighted by Gasteiger charge is 2.20. The highest BCUT2D eigenvalue weighted by Crippen LogP contribution is 2.23. The maximum atomic E-state index is 13.6. The van der Waals surface area contributed by atoms with Gasteiger partial charge in [0.25, 0.3) is 0 Å². The van der Waals surface area contributed by atoms with Crippen LogP contribution in [-0.4, -0.2) is 18.0 Å². The maximum absolute atomic E-state index is 13.6. The van der Waals surface area contributed by atoms with Crippen LogP contribution in [-0.2, 0) is 6.54 Å². The fourth-order valence-electron chi connectivity index (χ4n) is 2.13. The molecule has 0 amide bonds. The third kappa shape index (κ3) is 2.96. The Morgan fingerprint density at radius 1 is 1.41 bits per heavy atom. The van der Waals surface area contributed by atoms with E-state index in [-0.39, 0.29) is 11.7 Å². The van der Waals surface area contributed by atoms with Gasteiger partial charge in [-0.3, -0.25) is 4.90 Å². The quantitative estimate of drug-likeness (QED) is 0.808. The third-order valence-corrected chi connectivity index (χ3v) is 3.57. The van der Waals surface area contributed by atoms with Crippen LogP contribution in [0.4, 0.5) is 4.39 Å². The van der Waals surface area contributed by atoms with E-state index in [1.54, 1.807) is 12.1 Å². The molecule has 1 heterocycles. The molecule has 0 saturated carbocycles. The van der Waals surface area contributed by atoms with Gasteiger partial charge in [0.1, 0.15) is 5.82 Å². The van der Waals surface area contributed by atoms with E-state index in [0.29, 0.717) is 17.1 Å². The van der Waals surface area contributed by atoms with Crippen molar-refractivity contribution in [3.8, 4) is 6.07 Å². The van der Waals surface area contributed by atoms with Crippen molar-refractivity contribution in [2.75, 3.05) is 13.1 Å². The molecule has 0 bridgehead atoms. The lowest BCUT2D eigenvalue weighted by molar-refractivity contribution is 0.196. The van der Waals surface area contributed by atoms with Crippen LogP contribution in [0.25, 0.3) is 0 Å². The normalized spacial score (nSPS) is 17.9. The predicted molar refractivity (Wildman–Crippen MR) is 65.0 cm³/mol. The zero-order chi connectivity index (χ0) is 12.3. The Labute approximate surface area is 106 Å². The van der Waals surface area contributed by atoms with Crippen molar-refractivity contribution in [1.82, 2.24) is 4.90 Å². The second-order valence-electron chi connectivity index (χ2n) is 4.38. The van der Waals surface area contributed by atoms with Crippen molar-refractivity contribution in [2.45, 2.75) is 19.4 Å². The van der Waals surface area contributed by atoms with Crippen LogP contribution < -0.4 is 0 Å². The minimum absolute atomic E-state index is 0.155. The largest absolute Gasteiger partial charge is 0.299 e. The first-order chi connectivity index (χ1) is 8.20. The van der Waals surface area contributed by atoms with E-state index in [9.17, 15) is 4.39 Å². The Morgan fingerprint density at radius 3 is 2.71 bits per heavy atom. The molecule has 0 N–H and O–H groups in total. The number of benzene rings is 1. The summed E-state index contributed by atoms with van der Waals surface area (Å²) in [5, 5.41) is 9.28. The molecule has 0 atom stereocenters. The first-order valence-corrected chi connectivity index (χ1v) is 6.13. The second kappa shape index (κ2) is 5.48. The van der Waals surface area contributed by atoms with Crippen LogP contribution in [0.5, 0.6) is 0 Å². The molecule has 2 nitrogen and oxygen atoms in total. The van der Waals surface area contributed by atoms with Gasteiger partial charge in [-0.05, 0) is 38.1 Å². The minimum Gasteiger partial charge on any atom is -0.299 e. The number of rotatable bonds is 2. The van der Waals surface area contributed by atoms with Gasteiger partial charge in [0, 0.05) is 23.0 Å². The molecule has 0 aromatic heterocycles. The van der Waals surface area contributed by atoms with Crippen LogP contribution in [0.3, 0.4) is 0 Å². The molecule has 1 aromatic carbocycles. The van der Waals surface area contributed by atoms with E-state index in [1.165, 1.54) is 6.07 Å². The summed E-state index contributed by atoms with van der Waals surface area (Å²) >= 11 is 5.99. The van der Waals surface area contributed by atoms with Crippen molar-refractivity contribution in [3.63, 3.8) is 0 Å². The summed E-state index contributed by atoms with van der Waals surface area (Å²) in [5.74, 6) is -0.0951. The first kappa shape index (κ1) is 12.3. The van der Waals surface area contributed by atoms with Crippen molar-refractivity contribution >= 4 is 11.6 Å². The molecule has 1 aromatic rings. The zero-order valence-electron chi connectivity index (χ0n) is 9.50. The van der Waals surface area contributed by atoms with Gasteiger partial charge in [-0.15, -0.1) is 0 Å². The molecule has 1 saturated heterocycles. The maximum Gasteiger partial charge on any atom is 0.129 e. The van der Waals surface area contributed by atoms with E-state index < -0.39 is 0 Å². The topological polar surface area (TPSA) is 27.0 Å². The van der Waals surface area contributed by atoms with Gasteiger partial charge in [-0.25, -0.2) is 4.39 Å². The van der Waals surface area contributed by atoms with E-state index in [1.807, 2.05) is 0 Å². The number of halogens is 2. The molecule has 0 radical (unpaired) electrons. The van der Waals surface area contributed by atoms with Crippen molar-refractivity contribution in [2.24, 2.45) is 5.92 Å². The molecule has 17 heavy (non-hydrogen) atoms. The average Bonchev–Trinajstić information content (AvgIpc) is 2.35. The average molecular weight is 253 g/mol. The summed E-state index contributed by atoms with van der Waals surface area (Å²) in [7, 11) is 0. The number of nitrogens with zero attached hydrogens (tertiary/aromatic N) is 2. The number of nitriles is 1. The zero-order valence-corrected chi connectivity index (χ0v) is 10.3. The van der Waals surface area contributed by atoms with Crippen LogP contribution in [0.2, 0.25) is 5.02 Å². The molecule has 2 rings (SSSR count). The summed E-state index contributed by atoms with van der Waals surface area (Å²) < 4.78 is 13.6. The van der Waals surface area contributed by atoms with Crippen molar-refractivity contribution in [1.29, 1.82) is 5.26 Å². The molecule has 1 fully saturated rings. The van der Waals surface area contributed by atoms with Gasteiger partial charge in [0.2, 0.25) is 0 Å². The third-order valence-electron chi connectivity index (χ3n) is 3.21. The summed E-state index contributed by atoms with van der Waals surface area (Å²) in [4.78, 5) is 2.15. The molecule has 0 aliphatic carbocycles. The lowest BCUT2D eigenvalue weighted by Gasteiger charge is -2.29. The molecule has 1 aliphatic heterocycles. The molecule has 0 unspecified atom stereocenters. The monoisotopic (exact) mass is 252 g/mol. The second-order valence-corrected chi connectivity index (χ2v) is 4.79. The Hall–Kier alpha value is -1.11. The van der Waals surface area contributed by atoms with Crippen LogP contribution in [0.1, 0.15) is 18.4 Å². The lowest BCUT2D eigenvalue weighted by atomic mass is 9.98. The van der Waals surface area contributed by atoms with Crippen LogP contribution in [0, 0.1) is 23.1 Å². The van der Waals surface area contributed by atoms with Gasteiger partial charge >= 0.3 is 0 Å². The summed E-state index contributed by atoms with van der Waals surface area (Å²) in [6.45, 7) is 2.20. The summed E-state index contributed by atoms with van der Waals surface area (Å²) in [5.41, 5.74) is 0.560. The van der Waals surface area contributed by atoms with E-state index in [4.69, 9.17) is 16.9 Å². The van der Waals surface area contributed by atoms with Crippen LogP contribution in [0.15, 0.2) is 18.2 Å². The predicted octanol–water partition coefficient (Wildman–Crippen LogP) is 3.21. The lowest BCUT2D eigenvalue weighted by Crippen LogP contribution is -2.33. The highest BCUT2D eigenvalue weighted by atomic mass is 35.5. The number of hydrogen-bond acceptors (Lipinski definition) is 2. The Kier molecular flexibility index (Phi) is 3.98. The Balaban J connectivity index is 2.01. The SMILES string of the molecule is N#CC1CCN(Cc2c(F)cccc2Cl)CC1. The first-order valence-electron chi connectivity index (χ1n) is 5.75. The molecule has 4 heteroatoms. The standard InChI is InChI=1S/C13H14ClFN2/c14-12-2-1-3-13(15)11(12)9-17-6-4-10(8-16)5-7-17/h1-3,10H,4-7,9H2. The minimum atomic E-state index is -0.250. The van der Waals surface area contributed by atoms with Crippen LogP contribution >= 0.6 is 11.6 Å². The van der Waals surface area contributed by atoms with Gasteiger partial charge < -0.3 is 0 Å². The molecular weight excluding hydrogens is 239 g/mol. The summed E-state index contributed by atoms with van der Waals surface area (Å²) in [6, 6.07) is 7.04. The van der Waals surface area contributed by atoms with Gasteiger partial charge in [0.05, 0.1) is 6.07 Å². The number of piperidine rings is 1. The summed E-state index contributed by atoms with van der Waals surface area (Å²) in [6.07, 6.45) is 1.73. The Bertz CT molecular complexity index is 413. The fraction of sp³-hybridized carbons (Fsp3) is 0.462. The molecule has 90 valence electrons. The number of likely N-dealkylation sites (tertiary alicyclic amines) is 1. The highest BCUT2D eigenvalue weighted by molar-refractivity contribution is 6.31. The van der Waals surface area contributed by atoms with Gasteiger partial charge in [-0.2, -0.15) is 5.26 Å². The molecular formula is C13H14ClFN2. The van der Waals surface area contributed by atoms with E-state index >= 15 is 0 Å². The van der Waals surface area contributed by atoms with Gasteiger partial charge in [0.15, 0.2) is 0 Å². The smallest absolute Gasteiger partial charge is 0.129 e. The van der Waals surface area contributed by atoms with Gasteiger partial charge in [-0.1, -0.05) is 17.7 Å². The van der Waals surface area contributed by atoms with Crippen molar-refractivity contribution < 1.29 is 4.39 Å². The molecule has 0 spiro atoms. The van der Waals surface area contributed by atoms with E-state index in [2.05, 4.69) is 11.0 Å². The molecule has 1 aliphatic rings. The number of hydrogen-bond donors (Lipinski definition) is 0.